The molecule has 5 heterocycles. The molecular formula is C46H47Cl4N11O3. The van der Waals surface area contributed by atoms with Gasteiger partial charge >= 0.3 is 0 Å². The highest BCUT2D eigenvalue weighted by atomic mass is 35.5. The van der Waals surface area contributed by atoms with Gasteiger partial charge in [-0.25, -0.2) is 15.0 Å². The molecule has 64 heavy (non-hydrogen) atoms. The van der Waals surface area contributed by atoms with Gasteiger partial charge in [0.1, 0.15) is 17.5 Å². The third-order valence-electron chi connectivity index (χ3n) is 9.88. The summed E-state index contributed by atoms with van der Waals surface area (Å²) in [4.78, 5) is 56.0. The second kappa shape index (κ2) is 23.6. The van der Waals surface area contributed by atoms with Crippen molar-refractivity contribution in [1.82, 2.24) is 25.2 Å². The second-order valence-electron chi connectivity index (χ2n) is 14.5. The molecule has 5 N–H and O–H groups in total. The van der Waals surface area contributed by atoms with Crippen molar-refractivity contribution < 1.29 is 14.4 Å². The first-order valence-electron chi connectivity index (χ1n) is 20.3. The average Bonchev–Trinajstić information content (AvgIpc) is 3.30. The number of amides is 3. The van der Waals surface area contributed by atoms with Gasteiger partial charge in [0.15, 0.2) is 0 Å². The van der Waals surface area contributed by atoms with E-state index in [-0.39, 0.29) is 17.7 Å². The largest absolute Gasteiger partial charge is 0.372 e. The molecule has 0 aliphatic carbocycles. The molecule has 2 saturated heterocycles. The van der Waals surface area contributed by atoms with Crippen molar-refractivity contribution in [2.45, 2.75) is 0 Å². The van der Waals surface area contributed by atoms with E-state index in [1.54, 1.807) is 110 Å². The Labute approximate surface area is 392 Å². The van der Waals surface area contributed by atoms with Gasteiger partial charge in [0.25, 0.3) is 17.7 Å². The molecule has 2 aliphatic heterocycles. The molecule has 8 rings (SSSR count). The van der Waals surface area contributed by atoms with E-state index in [0.717, 1.165) is 64.0 Å². The number of carbonyl (C=O) groups is 3. The predicted molar refractivity (Wildman–Crippen MR) is 260 cm³/mol. The van der Waals surface area contributed by atoms with Crippen molar-refractivity contribution in [2.24, 2.45) is 0 Å². The Balaban J connectivity index is 0.000000160. The van der Waals surface area contributed by atoms with Crippen LogP contribution in [-0.4, -0.2) is 104 Å². The number of hydrogen-bond acceptors (Lipinski definition) is 11. The summed E-state index contributed by atoms with van der Waals surface area (Å²) < 4.78 is 0. The molecule has 0 atom stereocenters. The van der Waals surface area contributed by atoms with Gasteiger partial charge in [-0.15, -0.1) is 0 Å². The number of hydrogen-bond donors (Lipinski definition) is 5. The van der Waals surface area contributed by atoms with E-state index in [0.29, 0.717) is 59.7 Å². The minimum absolute atomic E-state index is 0.190. The van der Waals surface area contributed by atoms with Gasteiger partial charge in [-0.2, -0.15) is 0 Å². The van der Waals surface area contributed by atoms with Gasteiger partial charge in [-0.1, -0.05) is 64.6 Å². The number of likely N-dealkylation sites (N-methyl/N-ethyl adjacent to an activating group) is 1. The van der Waals surface area contributed by atoms with Crippen LogP contribution in [0.15, 0.2) is 122 Å². The lowest BCUT2D eigenvalue weighted by Gasteiger charge is -2.33. The van der Waals surface area contributed by atoms with E-state index >= 15 is 0 Å². The highest BCUT2D eigenvalue weighted by molar-refractivity contribution is 6.33. The van der Waals surface area contributed by atoms with Crippen LogP contribution in [-0.2, 0) is 0 Å². The predicted octanol–water partition coefficient (Wildman–Crippen LogP) is 8.82. The summed E-state index contributed by atoms with van der Waals surface area (Å²) >= 11 is 23.6. The summed E-state index contributed by atoms with van der Waals surface area (Å²) in [5.41, 5.74) is 3.39. The number of carbonyl (C=O) groups excluding carboxylic acids is 3. The van der Waals surface area contributed by atoms with Crippen LogP contribution in [0.3, 0.4) is 0 Å². The Bertz CT molecular complexity index is 2500. The molecule has 14 nitrogen and oxygen atoms in total. The van der Waals surface area contributed by atoms with E-state index in [1.807, 2.05) is 12.1 Å². The Morgan fingerprint density at radius 3 is 1.34 bits per heavy atom. The van der Waals surface area contributed by atoms with Crippen molar-refractivity contribution >= 4 is 98.6 Å². The summed E-state index contributed by atoms with van der Waals surface area (Å²) in [5.74, 6) is 1.67. The summed E-state index contributed by atoms with van der Waals surface area (Å²) in [5, 5.41) is 16.6. The smallest absolute Gasteiger partial charge is 0.257 e. The summed E-state index contributed by atoms with van der Waals surface area (Å²) in [7, 11) is 3.83. The molecular weight excluding hydrogens is 896 g/mol. The first-order chi connectivity index (χ1) is 30.9. The van der Waals surface area contributed by atoms with Gasteiger partial charge in [0, 0.05) is 110 Å². The van der Waals surface area contributed by atoms with Gasteiger partial charge in [-0.3, -0.25) is 14.4 Å². The van der Waals surface area contributed by atoms with Crippen LogP contribution in [0.25, 0.3) is 0 Å². The molecule has 6 aromatic rings. The second-order valence-corrected chi connectivity index (χ2v) is 16.3. The van der Waals surface area contributed by atoms with Crippen LogP contribution in [0, 0.1) is 0 Å². The maximum absolute atomic E-state index is 12.2. The number of rotatable bonds is 9. The monoisotopic (exact) mass is 941 g/mol. The van der Waals surface area contributed by atoms with Crippen LogP contribution in [0.4, 0.5) is 34.5 Å². The van der Waals surface area contributed by atoms with Crippen molar-refractivity contribution in [2.75, 3.05) is 97.5 Å². The number of anilines is 6. The van der Waals surface area contributed by atoms with Crippen LogP contribution >= 0.6 is 46.4 Å². The Morgan fingerprint density at radius 2 is 0.953 bits per heavy atom. The zero-order chi connectivity index (χ0) is 45.4. The maximum atomic E-state index is 12.2. The molecule has 3 amide bonds. The summed E-state index contributed by atoms with van der Waals surface area (Å²) in [6, 6.07) is 30.0. The molecule has 3 aromatic carbocycles. The molecule has 18 heteroatoms. The fraction of sp³-hybridized carbons (Fsp3) is 0.217. The SMILES string of the molecule is CN1CCN(c2ccc(C(=O)Nc3cccc(Cl)c3)cn2)CC1.CNc1ncc(C(=O)Nc2cccc(Cl)c2)cc1Cl.O=C(Nc1cccc(Cl)c1)c1ccc(N2CCNCC2)nc1. The topological polar surface area (TPSA) is 160 Å². The normalized spacial score (nSPS) is 13.6. The molecule has 2 aliphatic rings. The van der Waals surface area contributed by atoms with E-state index in [9.17, 15) is 14.4 Å². The van der Waals surface area contributed by atoms with E-state index in [2.05, 4.69) is 63.3 Å². The molecule has 0 radical (unpaired) electrons. The van der Waals surface area contributed by atoms with Crippen molar-refractivity contribution in [3.05, 3.63) is 158 Å². The van der Waals surface area contributed by atoms with E-state index in [1.165, 1.54) is 6.20 Å². The van der Waals surface area contributed by atoms with Crippen molar-refractivity contribution in [1.29, 1.82) is 0 Å². The maximum Gasteiger partial charge on any atom is 0.257 e. The van der Waals surface area contributed by atoms with Crippen LogP contribution in [0.5, 0.6) is 0 Å². The van der Waals surface area contributed by atoms with Crippen LogP contribution < -0.4 is 36.4 Å². The lowest BCUT2D eigenvalue weighted by atomic mass is 10.2. The molecule has 0 unspecified atom stereocenters. The molecule has 332 valence electrons. The Kier molecular flexibility index (Phi) is 17.5. The molecule has 2 fully saturated rings. The molecule has 0 spiro atoms. The van der Waals surface area contributed by atoms with Gasteiger partial charge in [0.2, 0.25) is 0 Å². The fourth-order valence-electron chi connectivity index (χ4n) is 6.40. The van der Waals surface area contributed by atoms with Crippen LogP contribution in [0.2, 0.25) is 20.1 Å². The fourth-order valence-corrected chi connectivity index (χ4v) is 7.23. The quantitative estimate of drug-likeness (QED) is 0.0943. The van der Waals surface area contributed by atoms with Crippen molar-refractivity contribution in [3.8, 4) is 0 Å². The highest BCUT2D eigenvalue weighted by Crippen LogP contribution is 2.22. The van der Waals surface area contributed by atoms with Crippen LogP contribution in [0.1, 0.15) is 31.1 Å². The van der Waals surface area contributed by atoms with Gasteiger partial charge in [-0.05, 0) is 92.0 Å². The zero-order valence-electron chi connectivity index (χ0n) is 35.1. The summed E-state index contributed by atoms with van der Waals surface area (Å²) in [6.07, 6.45) is 4.68. The van der Waals surface area contributed by atoms with Gasteiger partial charge in [0.05, 0.1) is 21.7 Å². The third-order valence-corrected chi connectivity index (χ3v) is 10.9. The molecule has 0 bridgehead atoms. The number of nitrogens with zero attached hydrogens (tertiary/aromatic N) is 6. The first-order valence-corrected chi connectivity index (χ1v) is 21.8. The number of halogens is 4. The number of piperazine rings is 2. The number of pyridine rings is 3. The standard InChI is InChI=1S/C17H19ClN4O.C16H17ClN4O.C13H11Cl2N3O/c1-21-7-9-22(10-8-21)16-6-5-13(12-19-16)17(23)20-15-4-2-3-14(18)11-15;17-13-2-1-3-14(10-13)20-16(22)12-4-5-15(19-11-12)21-8-6-18-7-9-21;1-16-12-11(15)5-8(7-17-12)13(19)18-10-4-2-3-9(14)6-10/h2-6,11-12H,7-10H2,1H3,(H,20,23);1-5,10-11,18H,6-9H2,(H,20,22);2-7H,1H3,(H,16,17)(H,18,19). The average molecular weight is 944 g/mol. The Morgan fingerprint density at radius 1 is 0.531 bits per heavy atom. The third kappa shape index (κ3) is 14.3. The lowest BCUT2D eigenvalue weighted by Crippen LogP contribution is -2.44. The Hall–Kier alpha value is -6.00. The molecule has 3 aromatic heterocycles. The minimum atomic E-state index is -0.292. The number of benzene rings is 3. The highest BCUT2D eigenvalue weighted by Gasteiger charge is 2.17. The van der Waals surface area contributed by atoms with E-state index < -0.39 is 0 Å². The van der Waals surface area contributed by atoms with Crippen molar-refractivity contribution in [3.63, 3.8) is 0 Å². The number of aromatic nitrogens is 3. The molecule has 0 saturated carbocycles. The lowest BCUT2D eigenvalue weighted by molar-refractivity contribution is 0.101. The zero-order valence-corrected chi connectivity index (χ0v) is 38.1. The van der Waals surface area contributed by atoms with E-state index in [4.69, 9.17) is 46.4 Å². The van der Waals surface area contributed by atoms with Gasteiger partial charge < -0.3 is 41.3 Å². The first kappa shape index (κ1) is 47.5. The number of nitrogens with one attached hydrogen (secondary N) is 5. The minimum Gasteiger partial charge on any atom is -0.372 e. The summed E-state index contributed by atoms with van der Waals surface area (Å²) in [6.45, 7) is 7.74.